The number of hydrogen-bond acceptors (Lipinski definition) is 5. The number of anilines is 1. The van der Waals surface area contributed by atoms with Crippen LogP contribution in [0.15, 0.2) is 65.3 Å². The molecule has 4 rings (SSSR count). The van der Waals surface area contributed by atoms with Gasteiger partial charge in [-0.15, -0.1) is 0 Å². The highest BCUT2D eigenvalue weighted by Crippen LogP contribution is 2.37. The molecule has 3 amide bonds. The summed E-state index contributed by atoms with van der Waals surface area (Å²) in [6.07, 6.45) is 1.43. The topological polar surface area (TPSA) is 101 Å². The highest BCUT2D eigenvalue weighted by atomic mass is 16.5. The summed E-state index contributed by atoms with van der Waals surface area (Å²) in [4.78, 5) is 40.2. The van der Waals surface area contributed by atoms with E-state index in [0.717, 1.165) is 11.1 Å². The number of methoxy groups -OCH3 is 1. The van der Waals surface area contributed by atoms with Crippen LogP contribution in [0.2, 0.25) is 0 Å². The molecule has 1 aliphatic heterocycles. The van der Waals surface area contributed by atoms with Gasteiger partial charge >= 0.3 is 0 Å². The number of carbonyl (C=O) groups is 3. The summed E-state index contributed by atoms with van der Waals surface area (Å²) in [7, 11) is 1.56. The van der Waals surface area contributed by atoms with E-state index in [1.165, 1.54) is 6.26 Å². The minimum atomic E-state index is -0.745. The van der Waals surface area contributed by atoms with Gasteiger partial charge in [0, 0.05) is 31.5 Å². The molecule has 1 aliphatic rings. The van der Waals surface area contributed by atoms with Crippen molar-refractivity contribution >= 4 is 23.4 Å². The fraction of sp³-hybridized carbons (Fsp3) is 0.240. The summed E-state index contributed by atoms with van der Waals surface area (Å²) in [5.74, 6) is -0.617. The van der Waals surface area contributed by atoms with Gasteiger partial charge < -0.3 is 24.7 Å². The maximum absolute atomic E-state index is 13.3. The van der Waals surface area contributed by atoms with Crippen molar-refractivity contribution in [2.24, 2.45) is 0 Å². The first kappa shape index (κ1) is 22.3. The Labute approximate surface area is 191 Å². The van der Waals surface area contributed by atoms with Crippen molar-refractivity contribution in [3.8, 4) is 0 Å². The van der Waals surface area contributed by atoms with Gasteiger partial charge in [-0.3, -0.25) is 14.4 Å². The number of nitrogens with one attached hydrogen (secondary N) is 2. The molecule has 2 N–H and O–H groups in total. The van der Waals surface area contributed by atoms with Crippen LogP contribution in [-0.4, -0.2) is 42.9 Å². The lowest BCUT2D eigenvalue weighted by molar-refractivity contribution is -0.125. The van der Waals surface area contributed by atoms with Gasteiger partial charge in [0.25, 0.3) is 11.8 Å². The molecule has 170 valence electrons. The number of ether oxygens (including phenoxy) is 1. The SMILES string of the molecule is COCCNC(=O)C1c2cccc(C)c2C(=O)N1Cc1cccc(NC(=O)c2ccco2)c1. The molecule has 1 aromatic heterocycles. The summed E-state index contributed by atoms with van der Waals surface area (Å²) in [5.41, 5.74) is 3.43. The number of amides is 3. The van der Waals surface area contributed by atoms with Crippen LogP contribution in [-0.2, 0) is 16.1 Å². The lowest BCUT2D eigenvalue weighted by Crippen LogP contribution is -2.39. The number of carbonyl (C=O) groups excluding carboxylic acids is 3. The molecule has 0 fully saturated rings. The Kier molecular flexibility index (Phi) is 6.55. The van der Waals surface area contributed by atoms with Crippen LogP contribution in [0.3, 0.4) is 0 Å². The summed E-state index contributed by atoms with van der Waals surface area (Å²) in [5, 5.41) is 5.64. The minimum absolute atomic E-state index is 0.194. The Bertz CT molecular complexity index is 1170. The van der Waals surface area contributed by atoms with E-state index < -0.39 is 6.04 Å². The van der Waals surface area contributed by atoms with Gasteiger partial charge in [-0.25, -0.2) is 0 Å². The second-order valence-electron chi connectivity index (χ2n) is 7.79. The van der Waals surface area contributed by atoms with E-state index in [-0.39, 0.29) is 30.0 Å². The molecule has 1 unspecified atom stereocenters. The van der Waals surface area contributed by atoms with Crippen molar-refractivity contribution < 1.29 is 23.5 Å². The zero-order chi connectivity index (χ0) is 23.4. The molecule has 2 aromatic carbocycles. The average Bonchev–Trinajstić information content (AvgIpc) is 3.42. The van der Waals surface area contributed by atoms with E-state index in [1.807, 2.05) is 31.2 Å². The third kappa shape index (κ3) is 4.65. The first-order chi connectivity index (χ1) is 16.0. The Hall–Kier alpha value is -3.91. The third-order valence-electron chi connectivity index (χ3n) is 5.52. The van der Waals surface area contributed by atoms with Gasteiger partial charge in [-0.05, 0) is 47.9 Å². The van der Waals surface area contributed by atoms with Gasteiger partial charge in [0.15, 0.2) is 5.76 Å². The number of furan rings is 1. The molecule has 0 radical (unpaired) electrons. The van der Waals surface area contributed by atoms with E-state index in [4.69, 9.17) is 9.15 Å². The largest absolute Gasteiger partial charge is 0.459 e. The molecule has 8 heteroatoms. The molecule has 0 bridgehead atoms. The summed E-state index contributed by atoms with van der Waals surface area (Å²) < 4.78 is 10.2. The second kappa shape index (κ2) is 9.70. The number of aryl methyl sites for hydroxylation is 1. The van der Waals surface area contributed by atoms with Crippen LogP contribution in [0, 0.1) is 6.92 Å². The highest BCUT2D eigenvalue weighted by Gasteiger charge is 2.41. The van der Waals surface area contributed by atoms with Crippen LogP contribution >= 0.6 is 0 Å². The van der Waals surface area contributed by atoms with Gasteiger partial charge in [-0.1, -0.05) is 30.3 Å². The van der Waals surface area contributed by atoms with E-state index in [2.05, 4.69) is 10.6 Å². The lowest BCUT2D eigenvalue weighted by Gasteiger charge is -2.25. The van der Waals surface area contributed by atoms with E-state index in [0.29, 0.717) is 30.0 Å². The van der Waals surface area contributed by atoms with Crippen molar-refractivity contribution in [1.82, 2.24) is 10.2 Å². The molecular weight excluding hydrogens is 422 g/mol. The fourth-order valence-electron chi connectivity index (χ4n) is 4.00. The zero-order valence-corrected chi connectivity index (χ0v) is 18.5. The first-order valence-corrected chi connectivity index (χ1v) is 10.6. The van der Waals surface area contributed by atoms with Crippen molar-refractivity contribution in [2.45, 2.75) is 19.5 Å². The molecule has 0 saturated carbocycles. The maximum Gasteiger partial charge on any atom is 0.291 e. The Morgan fingerprint density at radius 3 is 2.70 bits per heavy atom. The van der Waals surface area contributed by atoms with Crippen LogP contribution in [0.5, 0.6) is 0 Å². The average molecular weight is 447 g/mol. The van der Waals surface area contributed by atoms with Crippen molar-refractivity contribution in [2.75, 3.05) is 25.6 Å². The number of fused-ring (bicyclic) bond motifs is 1. The summed E-state index contributed by atoms with van der Waals surface area (Å²) in [6, 6.07) is 15.2. The molecule has 33 heavy (non-hydrogen) atoms. The van der Waals surface area contributed by atoms with Crippen molar-refractivity contribution in [3.63, 3.8) is 0 Å². The van der Waals surface area contributed by atoms with Crippen LogP contribution in [0.4, 0.5) is 5.69 Å². The Balaban J connectivity index is 1.58. The number of rotatable bonds is 8. The van der Waals surface area contributed by atoms with Gasteiger partial charge in [0.1, 0.15) is 6.04 Å². The molecule has 3 aromatic rings. The fourth-order valence-corrected chi connectivity index (χ4v) is 4.00. The molecule has 1 atom stereocenters. The van der Waals surface area contributed by atoms with E-state index in [9.17, 15) is 14.4 Å². The van der Waals surface area contributed by atoms with Crippen molar-refractivity contribution in [1.29, 1.82) is 0 Å². The molecule has 8 nitrogen and oxygen atoms in total. The lowest BCUT2D eigenvalue weighted by atomic mass is 10.00. The second-order valence-corrected chi connectivity index (χ2v) is 7.79. The molecular formula is C25H25N3O5. The van der Waals surface area contributed by atoms with Crippen LogP contribution < -0.4 is 10.6 Å². The molecule has 0 spiro atoms. The minimum Gasteiger partial charge on any atom is -0.459 e. The van der Waals surface area contributed by atoms with Crippen LogP contribution in [0.25, 0.3) is 0 Å². The number of nitrogens with zero attached hydrogens (tertiary/aromatic N) is 1. The van der Waals surface area contributed by atoms with Crippen LogP contribution in [0.1, 0.15) is 43.6 Å². The standard InChI is InChI=1S/C25H25N3O5/c1-16-6-3-9-19-21(16)25(31)28(22(19)24(30)26-11-13-32-2)15-17-7-4-8-18(14-17)27-23(29)20-10-5-12-33-20/h3-10,12,14,22H,11,13,15H2,1-2H3,(H,26,30)(H,27,29). The molecule has 2 heterocycles. The first-order valence-electron chi connectivity index (χ1n) is 10.6. The Morgan fingerprint density at radius 1 is 1.12 bits per heavy atom. The summed E-state index contributed by atoms with van der Waals surface area (Å²) >= 11 is 0. The highest BCUT2D eigenvalue weighted by molar-refractivity contribution is 6.05. The predicted octanol–water partition coefficient (Wildman–Crippen LogP) is 3.30. The third-order valence-corrected chi connectivity index (χ3v) is 5.52. The Morgan fingerprint density at radius 2 is 1.94 bits per heavy atom. The zero-order valence-electron chi connectivity index (χ0n) is 18.5. The maximum atomic E-state index is 13.3. The quantitative estimate of drug-likeness (QED) is 0.516. The normalized spacial score (nSPS) is 14.8. The van der Waals surface area contributed by atoms with Gasteiger partial charge in [0.05, 0.1) is 12.9 Å². The molecule has 0 aliphatic carbocycles. The number of hydrogen-bond donors (Lipinski definition) is 2. The molecule has 0 saturated heterocycles. The van der Waals surface area contributed by atoms with E-state index in [1.54, 1.807) is 42.3 Å². The van der Waals surface area contributed by atoms with Gasteiger partial charge in [-0.2, -0.15) is 0 Å². The smallest absolute Gasteiger partial charge is 0.291 e. The summed E-state index contributed by atoms with van der Waals surface area (Å²) in [6.45, 7) is 2.80. The number of benzene rings is 2. The van der Waals surface area contributed by atoms with E-state index >= 15 is 0 Å². The van der Waals surface area contributed by atoms with Gasteiger partial charge in [0.2, 0.25) is 5.91 Å². The van der Waals surface area contributed by atoms with Crippen molar-refractivity contribution in [3.05, 3.63) is 88.9 Å². The monoisotopic (exact) mass is 447 g/mol. The predicted molar refractivity (Wildman–Crippen MR) is 122 cm³/mol.